The molecule has 0 saturated carbocycles. The van der Waals surface area contributed by atoms with Crippen molar-refractivity contribution < 1.29 is 14.3 Å². The highest BCUT2D eigenvalue weighted by Crippen LogP contribution is 2.25. The summed E-state index contributed by atoms with van der Waals surface area (Å²) in [6.45, 7) is 2.46. The van der Waals surface area contributed by atoms with Gasteiger partial charge >= 0.3 is 11.8 Å². The van der Waals surface area contributed by atoms with Gasteiger partial charge in [-0.3, -0.25) is 14.5 Å². The number of rotatable bonds is 6. The molecular weight excluding hydrogens is 362 g/mol. The number of ether oxygens (including phenoxy) is 1. The Morgan fingerprint density at radius 2 is 2.00 bits per heavy atom. The SMILES string of the molecule is COc1cccc(NC(=O)C(=O)NCC(c2ccsc2)N2CCCCC2)c1. The number of thiophene rings is 1. The van der Waals surface area contributed by atoms with Crippen LogP contribution in [-0.2, 0) is 9.59 Å². The van der Waals surface area contributed by atoms with Crippen molar-refractivity contribution in [1.29, 1.82) is 0 Å². The normalized spacial score (nSPS) is 15.7. The van der Waals surface area contributed by atoms with Gasteiger partial charge in [0.05, 0.1) is 13.2 Å². The zero-order valence-corrected chi connectivity index (χ0v) is 16.3. The van der Waals surface area contributed by atoms with Gasteiger partial charge in [-0.05, 0) is 60.5 Å². The second-order valence-corrected chi connectivity index (χ2v) is 7.35. The third kappa shape index (κ3) is 5.30. The number of hydrogen-bond acceptors (Lipinski definition) is 5. The molecule has 2 N–H and O–H groups in total. The van der Waals surface area contributed by atoms with Crippen LogP contribution in [0.3, 0.4) is 0 Å². The number of hydrogen-bond donors (Lipinski definition) is 2. The van der Waals surface area contributed by atoms with E-state index >= 15 is 0 Å². The zero-order chi connectivity index (χ0) is 19.1. The minimum absolute atomic E-state index is 0.102. The van der Waals surface area contributed by atoms with Gasteiger partial charge in [-0.25, -0.2) is 0 Å². The highest BCUT2D eigenvalue weighted by molar-refractivity contribution is 7.08. The molecular formula is C20H25N3O3S. The van der Waals surface area contributed by atoms with Gasteiger partial charge in [0.15, 0.2) is 0 Å². The first-order valence-electron chi connectivity index (χ1n) is 9.17. The van der Waals surface area contributed by atoms with Crippen molar-refractivity contribution in [3.63, 3.8) is 0 Å². The van der Waals surface area contributed by atoms with Crippen LogP contribution in [0.5, 0.6) is 5.75 Å². The molecule has 1 aromatic carbocycles. The van der Waals surface area contributed by atoms with Crippen molar-refractivity contribution in [3.8, 4) is 5.75 Å². The van der Waals surface area contributed by atoms with Crippen LogP contribution < -0.4 is 15.4 Å². The van der Waals surface area contributed by atoms with Gasteiger partial charge in [0.25, 0.3) is 0 Å². The fourth-order valence-electron chi connectivity index (χ4n) is 3.31. The lowest BCUT2D eigenvalue weighted by Gasteiger charge is -2.34. The molecule has 27 heavy (non-hydrogen) atoms. The number of carbonyl (C=O) groups is 2. The fraction of sp³-hybridized carbons (Fsp3) is 0.400. The van der Waals surface area contributed by atoms with Crippen LogP contribution in [0.15, 0.2) is 41.1 Å². The van der Waals surface area contributed by atoms with Crippen LogP contribution in [0, 0.1) is 0 Å². The van der Waals surface area contributed by atoms with E-state index < -0.39 is 11.8 Å². The van der Waals surface area contributed by atoms with E-state index in [-0.39, 0.29) is 6.04 Å². The second kappa shape index (κ2) is 9.53. The third-order valence-electron chi connectivity index (χ3n) is 4.75. The van der Waals surface area contributed by atoms with Crippen LogP contribution in [0.2, 0.25) is 0 Å². The quantitative estimate of drug-likeness (QED) is 0.748. The van der Waals surface area contributed by atoms with E-state index in [0.717, 1.165) is 13.1 Å². The minimum Gasteiger partial charge on any atom is -0.497 e. The Morgan fingerprint density at radius 1 is 1.19 bits per heavy atom. The molecule has 0 radical (unpaired) electrons. The molecule has 3 rings (SSSR count). The molecule has 1 saturated heterocycles. The Labute approximate surface area is 163 Å². The number of nitrogens with one attached hydrogen (secondary N) is 2. The first-order chi connectivity index (χ1) is 13.2. The molecule has 0 spiro atoms. The second-order valence-electron chi connectivity index (χ2n) is 6.57. The van der Waals surface area contributed by atoms with Gasteiger partial charge < -0.3 is 15.4 Å². The topological polar surface area (TPSA) is 70.7 Å². The number of nitrogens with zero attached hydrogens (tertiary/aromatic N) is 1. The first kappa shape index (κ1) is 19.4. The minimum atomic E-state index is -0.675. The number of methoxy groups -OCH3 is 1. The lowest BCUT2D eigenvalue weighted by atomic mass is 10.0. The van der Waals surface area contributed by atoms with Crippen molar-refractivity contribution in [2.24, 2.45) is 0 Å². The zero-order valence-electron chi connectivity index (χ0n) is 15.4. The van der Waals surface area contributed by atoms with Crippen LogP contribution in [0.1, 0.15) is 30.9 Å². The molecule has 2 heterocycles. The number of amides is 2. The van der Waals surface area contributed by atoms with E-state index in [4.69, 9.17) is 4.74 Å². The van der Waals surface area contributed by atoms with Crippen molar-refractivity contribution in [2.75, 3.05) is 32.1 Å². The first-order valence-corrected chi connectivity index (χ1v) is 10.1. The molecule has 1 aliphatic heterocycles. The van der Waals surface area contributed by atoms with Crippen molar-refractivity contribution >= 4 is 28.8 Å². The van der Waals surface area contributed by atoms with E-state index in [1.54, 1.807) is 42.7 Å². The number of carbonyl (C=O) groups excluding carboxylic acids is 2. The fourth-order valence-corrected chi connectivity index (χ4v) is 4.02. The highest BCUT2D eigenvalue weighted by Gasteiger charge is 2.24. The van der Waals surface area contributed by atoms with Crippen molar-refractivity contribution in [1.82, 2.24) is 10.2 Å². The summed E-state index contributed by atoms with van der Waals surface area (Å²) in [5, 5.41) is 9.57. The maximum absolute atomic E-state index is 12.3. The van der Waals surface area contributed by atoms with Gasteiger partial charge in [0, 0.05) is 18.3 Å². The standard InChI is InChI=1S/C20H25N3O3S/c1-26-17-7-5-6-16(12-17)22-20(25)19(24)21-13-18(15-8-11-27-14-15)23-9-3-2-4-10-23/h5-8,11-12,14,18H,2-4,9-10,13H2,1H3,(H,21,24)(H,22,25). The van der Waals surface area contributed by atoms with E-state index in [1.807, 2.05) is 5.38 Å². The molecule has 1 unspecified atom stereocenters. The van der Waals surface area contributed by atoms with Crippen LogP contribution in [0.25, 0.3) is 0 Å². The van der Waals surface area contributed by atoms with E-state index in [2.05, 4.69) is 27.0 Å². The third-order valence-corrected chi connectivity index (χ3v) is 5.45. The van der Waals surface area contributed by atoms with Gasteiger partial charge in [-0.1, -0.05) is 12.5 Å². The average molecular weight is 388 g/mol. The Morgan fingerprint density at radius 3 is 2.70 bits per heavy atom. The molecule has 7 heteroatoms. The highest BCUT2D eigenvalue weighted by atomic mass is 32.1. The van der Waals surface area contributed by atoms with Crippen LogP contribution in [-0.4, -0.2) is 43.5 Å². The van der Waals surface area contributed by atoms with Gasteiger partial charge in [-0.15, -0.1) is 0 Å². The molecule has 0 bridgehead atoms. The number of likely N-dealkylation sites (tertiary alicyclic amines) is 1. The Balaban J connectivity index is 1.58. The molecule has 1 fully saturated rings. The summed E-state index contributed by atoms with van der Waals surface area (Å²) in [5.41, 5.74) is 1.72. The molecule has 2 aromatic rings. The summed E-state index contributed by atoms with van der Waals surface area (Å²) in [5.74, 6) is -0.683. The average Bonchev–Trinajstić information content (AvgIpc) is 3.23. The summed E-state index contributed by atoms with van der Waals surface area (Å²) < 4.78 is 5.13. The lowest BCUT2D eigenvalue weighted by Crippen LogP contribution is -2.43. The van der Waals surface area contributed by atoms with Gasteiger partial charge in [-0.2, -0.15) is 11.3 Å². The predicted octanol–water partition coefficient (Wildman–Crippen LogP) is 3.04. The number of piperidine rings is 1. The summed E-state index contributed by atoms with van der Waals surface area (Å²) in [4.78, 5) is 26.9. The van der Waals surface area contributed by atoms with E-state index in [9.17, 15) is 9.59 Å². The molecule has 1 aromatic heterocycles. The number of anilines is 1. The predicted molar refractivity (Wildman–Crippen MR) is 107 cm³/mol. The van der Waals surface area contributed by atoms with Crippen LogP contribution in [0.4, 0.5) is 5.69 Å². The summed E-state index contributed by atoms with van der Waals surface area (Å²) in [6.07, 6.45) is 3.60. The smallest absolute Gasteiger partial charge is 0.313 e. The molecule has 1 aliphatic rings. The van der Waals surface area contributed by atoms with E-state index in [1.165, 1.54) is 24.8 Å². The number of benzene rings is 1. The van der Waals surface area contributed by atoms with Crippen molar-refractivity contribution in [3.05, 3.63) is 46.7 Å². The molecule has 144 valence electrons. The molecule has 2 amide bonds. The largest absolute Gasteiger partial charge is 0.497 e. The van der Waals surface area contributed by atoms with Gasteiger partial charge in [0.1, 0.15) is 5.75 Å². The van der Waals surface area contributed by atoms with Crippen LogP contribution >= 0.6 is 11.3 Å². The van der Waals surface area contributed by atoms with Gasteiger partial charge in [0.2, 0.25) is 0 Å². The van der Waals surface area contributed by atoms with Crippen molar-refractivity contribution in [2.45, 2.75) is 25.3 Å². The maximum Gasteiger partial charge on any atom is 0.313 e. The Kier molecular flexibility index (Phi) is 6.84. The lowest BCUT2D eigenvalue weighted by molar-refractivity contribution is -0.136. The monoisotopic (exact) mass is 387 g/mol. The molecule has 6 nitrogen and oxygen atoms in total. The maximum atomic E-state index is 12.3. The summed E-state index contributed by atoms with van der Waals surface area (Å²) in [7, 11) is 1.55. The van der Waals surface area contributed by atoms with E-state index in [0.29, 0.717) is 18.0 Å². The Bertz CT molecular complexity index is 758. The summed E-state index contributed by atoms with van der Waals surface area (Å²) in [6, 6.07) is 9.12. The Hall–Kier alpha value is -2.38. The summed E-state index contributed by atoms with van der Waals surface area (Å²) >= 11 is 1.65. The molecule has 0 aliphatic carbocycles. The molecule has 1 atom stereocenters.